The lowest BCUT2D eigenvalue weighted by Gasteiger charge is -1.98. The molecule has 4 heteroatoms. The Bertz CT molecular complexity index is 435. The van der Waals surface area contributed by atoms with E-state index in [-0.39, 0.29) is 0 Å². The maximum absolute atomic E-state index is 8.89. The van der Waals surface area contributed by atoms with Crippen molar-refractivity contribution >= 4 is 27.6 Å². The van der Waals surface area contributed by atoms with Gasteiger partial charge in [0.25, 0.3) is 0 Å². The number of hydrogen-bond donors (Lipinski definition) is 0. The molecule has 84 valence electrons. The quantitative estimate of drug-likeness (QED) is 0.701. The average molecular weight is 349 g/mol. The fourth-order valence-electron chi connectivity index (χ4n) is 1.26. The van der Waals surface area contributed by atoms with Gasteiger partial charge in [-0.05, 0) is 11.1 Å². The van der Waals surface area contributed by atoms with E-state index in [1.54, 1.807) is 0 Å². The summed E-state index contributed by atoms with van der Waals surface area (Å²) in [7, 11) is 4.32. The van der Waals surface area contributed by atoms with Gasteiger partial charge in [-0.1, -0.05) is 60.7 Å². The second kappa shape index (κ2) is 7.35. The molecule has 0 unspecified atom stereocenters. The fourth-order valence-corrected chi connectivity index (χ4v) is 1.26. The SMILES string of the molecule is O=I(=O)Cl.c1ccc(-c2ccccc2)cc1. The Labute approximate surface area is 105 Å². The Morgan fingerprint density at radius 1 is 0.688 bits per heavy atom. The van der Waals surface area contributed by atoms with E-state index in [4.69, 9.17) is 6.14 Å². The molecule has 0 N–H and O–H groups in total. The molecular weight excluding hydrogens is 338 g/mol. The van der Waals surface area contributed by atoms with Gasteiger partial charge in [-0.2, -0.15) is 0 Å². The second-order valence-corrected chi connectivity index (χ2v) is 5.50. The monoisotopic (exact) mass is 348 g/mol. The Kier molecular flexibility index (Phi) is 6.03. The zero-order chi connectivity index (χ0) is 11.8. The lowest BCUT2D eigenvalue weighted by atomic mass is 10.1. The van der Waals surface area contributed by atoms with Crippen LogP contribution >= 0.6 is 27.6 Å². The first-order valence-corrected chi connectivity index (χ1v) is 9.02. The summed E-state index contributed by atoms with van der Waals surface area (Å²) in [5.74, 6) is 0. The summed E-state index contributed by atoms with van der Waals surface area (Å²) >= 11 is -3.29. The van der Waals surface area contributed by atoms with E-state index in [9.17, 15) is 0 Å². The standard InChI is InChI=1S/C12H10.ClIO2/c1-3-7-11(8-4-1)12-9-5-2-6-10-12;1-2(3)4/h1-10H;. The van der Waals surface area contributed by atoms with Crippen LogP contribution in [0.25, 0.3) is 11.1 Å². The molecule has 0 fully saturated rings. The van der Waals surface area contributed by atoms with E-state index in [2.05, 4.69) is 57.4 Å². The van der Waals surface area contributed by atoms with Crippen LogP contribution in [0.4, 0.5) is 0 Å². The number of hydrogen-bond acceptors (Lipinski definition) is 2. The molecule has 0 bridgehead atoms. The van der Waals surface area contributed by atoms with Gasteiger partial charge in [-0.3, -0.25) is 0 Å². The molecule has 0 saturated heterocycles. The molecule has 0 aliphatic rings. The van der Waals surface area contributed by atoms with E-state index >= 15 is 0 Å². The molecule has 0 spiro atoms. The smallest absolute Gasteiger partial charge is 0.217 e. The Balaban J connectivity index is 0.000000280. The second-order valence-electron chi connectivity index (χ2n) is 2.91. The Hall–Kier alpha value is -0.940. The first-order valence-electron chi connectivity index (χ1n) is 4.52. The van der Waals surface area contributed by atoms with Gasteiger partial charge in [0.15, 0.2) is 0 Å². The van der Waals surface area contributed by atoms with Gasteiger partial charge in [0.05, 0.1) is 0 Å². The third-order valence-corrected chi connectivity index (χ3v) is 1.88. The lowest BCUT2D eigenvalue weighted by molar-refractivity contribution is 0.612. The molecule has 0 heterocycles. The molecule has 2 nitrogen and oxygen atoms in total. The van der Waals surface area contributed by atoms with E-state index < -0.39 is 18.7 Å². The van der Waals surface area contributed by atoms with Crippen LogP contribution in [0, 0.1) is 0 Å². The molecule has 0 aliphatic carbocycles. The van der Waals surface area contributed by atoms with Crippen molar-refractivity contribution in [3.63, 3.8) is 0 Å². The van der Waals surface area contributed by atoms with Crippen molar-refractivity contribution in [3.8, 4) is 11.1 Å². The van der Waals surface area contributed by atoms with Gasteiger partial charge in [-0.15, -0.1) is 0 Å². The van der Waals surface area contributed by atoms with Crippen LogP contribution in [0.3, 0.4) is 0 Å². The van der Waals surface area contributed by atoms with Crippen molar-refractivity contribution in [1.82, 2.24) is 0 Å². The van der Waals surface area contributed by atoms with Crippen molar-refractivity contribution in [2.75, 3.05) is 0 Å². The van der Waals surface area contributed by atoms with Crippen LogP contribution in [-0.4, -0.2) is 0 Å². The van der Waals surface area contributed by atoms with Crippen molar-refractivity contribution < 1.29 is 6.14 Å². The highest BCUT2D eigenvalue weighted by Gasteiger charge is 1.91. The molecule has 2 aromatic rings. The average Bonchev–Trinajstić information content (AvgIpc) is 2.31. The molecule has 2 aromatic carbocycles. The van der Waals surface area contributed by atoms with Crippen LogP contribution in [0.15, 0.2) is 60.7 Å². The largest absolute Gasteiger partial charge is 0.409 e. The summed E-state index contributed by atoms with van der Waals surface area (Å²) in [6.45, 7) is 0. The Morgan fingerprint density at radius 3 is 1.19 bits per heavy atom. The van der Waals surface area contributed by atoms with Crippen LogP contribution < -0.4 is 0 Å². The summed E-state index contributed by atoms with van der Waals surface area (Å²) in [6.07, 6.45) is 0. The molecule has 0 atom stereocenters. The van der Waals surface area contributed by atoms with Crippen LogP contribution in [-0.2, 0) is 6.14 Å². The van der Waals surface area contributed by atoms with Gasteiger partial charge in [0, 0.05) is 8.91 Å². The van der Waals surface area contributed by atoms with Crippen molar-refractivity contribution in [3.05, 3.63) is 60.7 Å². The van der Waals surface area contributed by atoms with Crippen molar-refractivity contribution in [2.45, 2.75) is 0 Å². The lowest BCUT2D eigenvalue weighted by Crippen LogP contribution is -1.73. The normalized spacial score (nSPS) is 9.38. The number of halogens is 2. The molecule has 0 radical (unpaired) electrons. The molecular formula is C12H10ClIO2. The zero-order valence-corrected chi connectivity index (χ0v) is 11.3. The third kappa shape index (κ3) is 5.23. The minimum Gasteiger partial charge on any atom is -0.217 e. The molecule has 0 aromatic heterocycles. The first-order chi connectivity index (χ1) is 7.70. The van der Waals surface area contributed by atoms with E-state index in [0.717, 1.165) is 0 Å². The van der Waals surface area contributed by atoms with Crippen LogP contribution in [0.1, 0.15) is 0 Å². The van der Waals surface area contributed by atoms with E-state index in [0.29, 0.717) is 0 Å². The summed E-state index contributed by atoms with van der Waals surface area (Å²) in [5.41, 5.74) is 2.55. The topological polar surface area (TPSA) is 34.1 Å². The summed E-state index contributed by atoms with van der Waals surface area (Å²) < 4.78 is 17.8. The molecule has 16 heavy (non-hydrogen) atoms. The van der Waals surface area contributed by atoms with Gasteiger partial charge >= 0.3 is 18.7 Å². The maximum Gasteiger partial charge on any atom is 0.409 e. The molecule has 0 saturated carbocycles. The van der Waals surface area contributed by atoms with E-state index in [1.807, 2.05) is 12.1 Å². The highest BCUT2D eigenvalue weighted by Crippen LogP contribution is 2.17. The summed E-state index contributed by atoms with van der Waals surface area (Å²) in [4.78, 5) is 0. The van der Waals surface area contributed by atoms with E-state index in [1.165, 1.54) is 11.1 Å². The zero-order valence-electron chi connectivity index (χ0n) is 8.35. The maximum atomic E-state index is 8.89. The minimum absolute atomic E-state index is 1.28. The first kappa shape index (κ1) is 13.1. The van der Waals surface area contributed by atoms with Crippen molar-refractivity contribution in [1.29, 1.82) is 0 Å². The van der Waals surface area contributed by atoms with Crippen LogP contribution in [0.5, 0.6) is 0 Å². The highest BCUT2D eigenvalue weighted by atomic mass is 127. The van der Waals surface area contributed by atoms with Gasteiger partial charge in [0.2, 0.25) is 0 Å². The fraction of sp³-hybridized carbons (Fsp3) is 0. The minimum atomic E-state index is -3.29. The third-order valence-electron chi connectivity index (χ3n) is 1.88. The molecule has 0 aliphatic heterocycles. The summed E-state index contributed by atoms with van der Waals surface area (Å²) in [6, 6.07) is 20.8. The van der Waals surface area contributed by atoms with Crippen molar-refractivity contribution in [2.24, 2.45) is 0 Å². The Morgan fingerprint density at radius 2 is 0.938 bits per heavy atom. The van der Waals surface area contributed by atoms with Gasteiger partial charge < -0.3 is 0 Å². The van der Waals surface area contributed by atoms with Gasteiger partial charge in [-0.25, -0.2) is 6.14 Å². The number of rotatable bonds is 1. The summed E-state index contributed by atoms with van der Waals surface area (Å²) in [5, 5.41) is 0. The number of benzene rings is 2. The van der Waals surface area contributed by atoms with Crippen LogP contribution in [0.2, 0.25) is 0 Å². The van der Waals surface area contributed by atoms with Gasteiger partial charge in [0.1, 0.15) is 0 Å². The predicted molar refractivity (Wildman–Crippen MR) is 73.1 cm³/mol. The highest BCUT2D eigenvalue weighted by molar-refractivity contribution is 14.2. The molecule has 0 amide bonds. The molecule has 2 rings (SSSR count). The predicted octanol–water partition coefficient (Wildman–Crippen LogP) is 4.69.